The minimum atomic E-state index is 0.779. The third-order valence-corrected chi connectivity index (χ3v) is 1.77. The molecule has 0 saturated carbocycles. The highest BCUT2D eigenvalue weighted by atomic mass is 16.5. The Morgan fingerprint density at radius 2 is 2.00 bits per heavy atom. The normalized spacial score (nSPS) is 10.1. The fourth-order valence-corrected chi connectivity index (χ4v) is 1.22. The van der Waals surface area contributed by atoms with E-state index in [-0.39, 0.29) is 0 Å². The molecule has 0 saturated heterocycles. The summed E-state index contributed by atoms with van der Waals surface area (Å²) >= 11 is 0. The fourth-order valence-electron chi connectivity index (χ4n) is 1.22. The van der Waals surface area contributed by atoms with Crippen molar-refractivity contribution >= 4 is 0 Å². The molecule has 1 aromatic heterocycles. The van der Waals surface area contributed by atoms with E-state index < -0.39 is 0 Å². The SMILES string of the molecule is CCc1cc(C)cc(C)[n+]1[O-]. The molecule has 2 nitrogen and oxygen atoms in total. The molecule has 0 radical (unpaired) electrons. The Morgan fingerprint density at radius 3 is 2.55 bits per heavy atom. The predicted octanol–water partition coefficient (Wildman–Crippen LogP) is 1.50. The topological polar surface area (TPSA) is 26.9 Å². The average molecular weight is 151 g/mol. The van der Waals surface area contributed by atoms with Gasteiger partial charge in [0.05, 0.1) is 0 Å². The lowest BCUT2D eigenvalue weighted by Crippen LogP contribution is -2.35. The Labute approximate surface area is 67.1 Å². The summed E-state index contributed by atoms with van der Waals surface area (Å²) in [5, 5.41) is 11.3. The van der Waals surface area contributed by atoms with Crippen molar-refractivity contribution in [1.82, 2.24) is 0 Å². The van der Waals surface area contributed by atoms with Crippen LogP contribution in [0, 0.1) is 19.1 Å². The molecule has 0 atom stereocenters. The van der Waals surface area contributed by atoms with Gasteiger partial charge in [0.2, 0.25) is 0 Å². The number of nitrogens with zero attached hydrogens (tertiary/aromatic N) is 1. The highest BCUT2D eigenvalue weighted by Gasteiger charge is 2.05. The molecule has 0 bridgehead atoms. The van der Waals surface area contributed by atoms with E-state index in [1.807, 2.05) is 32.9 Å². The van der Waals surface area contributed by atoms with Gasteiger partial charge >= 0.3 is 0 Å². The Hall–Kier alpha value is -1.05. The molecule has 0 aliphatic heterocycles. The van der Waals surface area contributed by atoms with Crippen molar-refractivity contribution in [2.45, 2.75) is 27.2 Å². The monoisotopic (exact) mass is 151 g/mol. The lowest BCUT2D eigenvalue weighted by Gasteiger charge is -2.05. The van der Waals surface area contributed by atoms with Gasteiger partial charge in [0.15, 0.2) is 11.4 Å². The van der Waals surface area contributed by atoms with Gasteiger partial charge in [0, 0.05) is 25.5 Å². The summed E-state index contributed by atoms with van der Waals surface area (Å²) in [6, 6.07) is 3.83. The van der Waals surface area contributed by atoms with Crippen LogP contribution in [-0.4, -0.2) is 0 Å². The van der Waals surface area contributed by atoms with Crippen LogP contribution in [0.25, 0.3) is 0 Å². The summed E-state index contributed by atoms with van der Waals surface area (Å²) in [5.74, 6) is 0. The summed E-state index contributed by atoms with van der Waals surface area (Å²) in [5.41, 5.74) is 2.79. The molecular formula is C9H13NO. The van der Waals surface area contributed by atoms with Crippen molar-refractivity contribution in [3.63, 3.8) is 0 Å². The van der Waals surface area contributed by atoms with E-state index in [9.17, 15) is 5.21 Å². The molecule has 1 rings (SSSR count). The largest absolute Gasteiger partial charge is 0.618 e. The first-order chi connectivity index (χ1) is 5.15. The van der Waals surface area contributed by atoms with Crippen molar-refractivity contribution in [2.75, 3.05) is 0 Å². The van der Waals surface area contributed by atoms with E-state index in [0.29, 0.717) is 0 Å². The number of pyridine rings is 1. The molecule has 0 unspecified atom stereocenters. The third-order valence-electron chi connectivity index (χ3n) is 1.77. The van der Waals surface area contributed by atoms with Crippen LogP contribution in [-0.2, 0) is 6.42 Å². The van der Waals surface area contributed by atoms with E-state index in [2.05, 4.69) is 0 Å². The zero-order valence-electron chi connectivity index (χ0n) is 7.22. The van der Waals surface area contributed by atoms with Crippen LogP contribution < -0.4 is 4.73 Å². The van der Waals surface area contributed by atoms with Crippen molar-refractivity contribution < 1.29 is 4.73 Å². The minimum absolute atomic E-state index is 0.779. The second kappa shape index (κ2) is 2.91. The highest BCUT2D eigenvalue weighted by molar-refractivity contribution is 5.14. The van der Waals surface area contributed by atoms with E-state index >= 15 is 0 Å². The van der Waals surface area contributed by atoms with Crippen LogP contribution in [0.4, 0.5) is 0 Å². The quantitative estimate of drug-likeness (QED) is 0.441. The van der Waals surface area contributed by atoms with Gasteiger partial charge in [-0.15, -0.1) is 0 Å². The summed E-state index contributed by atoms with van der Waals surface area (Å²) in [7, 11) is 0. The van der Waals surface area contributed by atoms with Crippen LogP contribution >= 0.6 is 0 Å². The molecule has 1 aromatic rings. The summed E-state index contributed by atoms with van der Waals surface area (Å²) in [6.07, 6.45) is 0.798. The van der Waals surface area contributed by atoms with Gasteiger partial charge in [-0.2, -0.15) is 4.73 Å². The number of aromatic nitrogens is 1. The lowest BCUT2D eigenvalue weighted by molar-refractivity contribution is -0.620. The maximum atomic E-state index is 11.3. The maximum absolute atomic E-state index is 11.3. The van der Waals surface area contributed by atoms with E-state index in [0.717, 1.165) is 28.1 Å². The van der Waals surface area contributed by atoms with E-state index in [4.69, 9.17) is 0 Å². The number of aryl methyl sites for hydroxylation is 3. The van der Waals surface area contributed by atoms with Crippen LogP contribution in [0.3, 0.4) is 0 Å². The van der Waals surface area contributed by atoms with Gasteiger partial charge in [-0.05, 0) is 12.5 Å². The van der Waals surface area contributed by atoms with Gasteiger partial charge in [-0.25, -0.2) is 0 Å². The lowest BCUT2D eigenvalue weighted by atomic mass is 10.2. The van der Waals surface area contributed by atoms with Crippen LogP contribution in [0.15, 0.2) is 12.1 Å². The van der Waals surface area contributed by atoms with Crippen LogP contribution in [0.2, 0.25) is 0 Å². The molecule has 0 aliphatic rings. The Morgan fingerprint density at radius 1 is 1.36 bits per heavy atom. The average Bonchev–Trinajstić information content (AvgIpc) is 1.96. The van der Waals surface area contributed by atoms with Crippen molar-refractivity contribution in [3.8, 4) is 0 Å². The zero-order valence-corrected chi connectivity index (χ0v) is 7.22. The van der Waals surface area contributed by atoms with Gasteiger partial charge < -0.3 is 5.21 Å². The number of rotatable bonds is 1. The summed E-state index contributed by atoms with van der Waals surface area (Å²) in [6.45, 7) is 5.83. The van der Waals surface area contributed by atoms with Gasteiger partial charge in [-0.3, -0.25) is 0 Å². The fraction of sp³-hybridized carbons (Fsp3) is 0.444. The molecular weight excluding hydrogens is 138 g/mol. The van der Waals surface area contributed by atoms with Gasteiger partial charge in [0.25, 0.3) is 0 Å². The molecule has 0 spiro atoms. The first-order valence-electron chi connectivity index (χ1n) is 3.85. The first-order valence-corrected chi connectivity index (χ1v) is 3.85. The highest BCUT2D eigenvalue weighted by Crippen LogP contribution is 2.02. The van der Waals surface area contributed by atoms with Gasteiger partial charge in [-0.1, -0.05) is 6.92 Å². The Balaban J connectivity index is 3.24. The Kier molecular flexibility index (Phi) is 2.13. The van der Waals surface area contributed by atoms with Crippen molar-refractivity contribution in [2.24, 2.45) is 0 Å². The zero-order chi connectivity index (χ0) is 8.43. The van der Waals surface area contributed by atoms with Gasteiger partial charge in [0.1, 0.15) is 0 Å². The summed E-state index contributed by atoms with van der Waals surface area (Å²) in [4.78, 5) is 0. The molecule has 2 heteroatoms. The smallest absolute Gasteiger partial charge is 0.192 e. The van der Waals surface area contributed by atoms with Crippen LogP contribution in [0.5, 0.6) is 0 Å². The third kappa shape index (κ3) is 1.50. The molecule has 0 amide bonds. The molecule has 60 valence electrons. The molecule has 0 fully saturated rings. The molecule has 0 N–H and O–H groups in total. The van der Waals surface area contributed by atoms with Crippen LogP contribution in [0.1, 0.15) is 23.9 Å². The van der Waals surface area contributed by atoms with Crippen molar-refractivity contribution in [3.05, 3.63) is 34.3 Å². The first kappa shape index (κ1) is 8.05. The Bertz CT molecular complexity index is 269. The number of hydrogen-bond donors (Lipinski definition) is 0. The van der Waals surface area contributed by atoms with E-state index in [1.54, 1.807) is 0 Å². The molecule has 1 heterocycles. The summed E-state index contributed by atoms with van der Waals surface area (Å²) < 4.78 is 0.993. The standard InChI is InChI=1S/C9H13NO/c1-4-9-6-7(2)5-8(3)10(9)11/h5-6H,4H2,1-3H3. The van der Waals surface area contributed by atoms with Crippen molar-refractivity contribution in [1.29, 1.82) is 0 Å². The van der Waals surface area contributed by atoms with E-state index in [1.165, 1.54) is 0 Å². The minimum Gasteiger partial charge on any atom is -0.618 e. The predicted molar refractivity (Wildman–Crippen MR) is 44.3 cm³/mol. The maximum Gasteiger partial charge on any atom is 0.192 e. The molecule has 0 aliphatic carbocycles. The second-order valence-electron chi connectivity index (χ2n) is 2.81. The molecule has 0 aromatic carbocycles. The molecule has 11 heavy (non-hydrogen) atoms. The number of hydrogen-bond acceptors (Lipinski definition) is 1. The second-order valence-corrected chi connectivity index (χ2v) is 2.81.